The highest BCUT2D eigenvalue weighted by Gasteiger charge is 2.27. The molecule has 0 radical (unpaired) electrons. The van der Waals surface area contributed by atoms with Crippen molar-refractivity contribution in [3.8, 4) is 0 Å². The molecule has 4 heteroatoms. The van der Waals surface area contributed by atoms with E-state index in [-0.39, 0.29) is 6.04 Å². The third-order valence-corrected chi connectivity index (χ3v) is 3.34. The van der Waals surface area contributed by atoms with E-state index in [1.54, 1.807) is 0 Å². The van der Waals surface area contributed by atoms with Gasteiger partial charge in [-0.15, -0.1) is 0 Å². The molecule has 0 saturated heterocycles. The number of aromatic nitrogens is 2. The van der Waals surface area contributed by atoms with Crippen LogP contribution in [0, 0.1) is 0 Å². The second-order valence-electron chi connectivity index (χ2n) is 4.76. The lowest BCUT2D eigenvalue weighted by atomic mass is 10.2. The molecule has 2 aromatic rings. The Morgan fingerprint density at radius 2 is 2.11 bits per heavy atom. The third-order valence-electron chi connectivity index (χ3n) is 3.34. The van der Waals surface area contributed by atoms with Crippen molar-refractivity contribution < 1.29 is 0 Å². The number of nitrogens with two attached hydrogens (primary N) is 1. The largest absolute Gasteiger partial charge is 0.375 e. The number of anilines is 1. The second kappa shape index (κ2) is 4.82. The lowest BCUT2D eigenvalue weighted by molar-refractivity contribution is 0.642. The molecule has 1 aromatic carbocycles. The Labute approximate surface area is 107 Å². The lowest BCUT2D eigenvalue weighted by Gasteiger charge is -2.19. The highest BCUT2D eigenvalue weighted by Crippen LogP contribution is 2.37. The first-order chi connectivity index (χ1) is 8.88. The maximum atomic E-state index is 5.90. The van der Waals surface area contributed by atoms with E-state index in [9.17, 15) is 0 Å². The van der Waals surface area contributed by atoms with Crippen LogP contribution in [0.3, 0.4) is 0 Å². The second-order valence-corrected chi connectivity index (χ2v) is 4.76. The van der Waals surface area contributed by atoms with E-state index in [0.29, 0.717) is 12.6 Å². The Bertz CT molecular complexity index is 502. The Hall–Kier alpha value is -1.81. The minimum absolute atomic E-state index is 0.121. The van der Waals surface area contributed by atoms with Crippen molar-refractivity contribution in [3.05, 3.63) is 48.5 Å². The van der Waals surface area contributed by atoms with Gasteiger partial charge in [0.15, 0.2) is 0 Å². The zero-order valence-electron chi connectivity index (χ0n) is 10.3. The summed E-state index contributed by atoms with van der Waals surface area (Å²) >= 11 is 0. The van der Waals surface area contributed by atoms with Gasteiger partial charge in [-0.25, -0.2) is 4.98 Å². The summed E-state index contributed by atoms with van der Waals surface area (Å²) in [7, 11) is 0. The molecule has 1 saturated carbocycles. The predicted molar refractivity (Wildman–Crippen MR) is 72.4 cm³/mol. The van der Waals surface area contributed by atoms with E-state index < -0.39 is 0 Å². The molecule has 0 spiro atoms. The molecule has 0 aliphatic heterocycles. The van der Waals surface area contributed by atoms with Gasteiger partial charge in [-0.2, -0.15) is 0 Å². The van der Waals surface area contributed by atoms with Gasteiger partial charge in [0.25, 0.3) is 0 Å². The van der Waals surface area contributed by atoms with Crippen LogP contribution in [0.1, 0.15) is 30.6 Å². The molecule has 1 heterocycles. The molecule has 4 nitrogen and oxygen atoms in total. The average Bonchev–Trinajstić information content (AvgIpc) is 3.15. The van der Waals surface area contributed by atoms with Gasteiger partial charge in [-0.05, 0) is 25.0 Å². The normalized spacial score (nSPS) is 16.5. The van der Waals surface area contributed by atoms with Crippen LogP contribution in [0.4, 0.5) is 5.69 Å². The van der Waals surface area contributed by atoms with Crippen LogP contribution in [0.15, 0.2) is 42.9 Å². The van der Waals surface area contributed by atoms with Gasteiger partial charge in [-0.3, -0.25) is 0 Å². The smallest absolute Gasteiger partial charge is 0.0951 e. The number of hydrogen-bond donors (Lipinski definition) is 2. The summed E-state index contributed by atoms with van der Waals surface area (Å²) in [5, 5.41) is 3.47. The summed E-state index contributed by atoms with van der Waals surface area (Å²) in [5.41, 5.74) is 8.18. The fourth-order valence-electron chi connectivity index (χ4n) is 2.23. The van der Waals surface area contributed by atoms with Crippen molar-refractivity contribution >= 4 is 5.69 Å². The van der Waals surface area contributed by atoms with E-state index >= 15 is 0 Å². The minimum Gasteiger partial charge on any atom is -0.375 e. The van der Waals surface area contributed by atoms with Gasteiger partial charge in [0, 0.05) is 18.3 Å². The zero-order chi connectivity index (χ0) is 12.4. The summed E-state index contributed by atoms with van der Waals surface area (Å²) in [6.07, 6.45) is 6.35. The number of para-hydroxylation sites is 1. The van der Waals surface area contributed by atoms with Crippen LogP contribution in [0.2, 0.25) is 0 Å². The van der Waals surface area contributed by atoms with Gasteiger partial charge >= 0.3 is 0 Å². The molecule has 18 heavy (non-hydrogen) atoms. The van der Waals surface area contributed by atoms with E-state index in [0.717, 1.165) is 5.69 Å². The fraction of sp³-hybridized carbons (Fsp3) is 0.357. The molecule has 1 unspecified atom stereocenters. The fourth-order valence-corrected chi connectivity index (χ4v) is 2.23. The zero-order valence-corrected chi connectivity index (χ0v) is 10.3. The van der Waals surface area contributed by atoms with Gasteiger partial charge in [0.2, 0.25) is 0 Å². The topological polar surface area (TPSA) is 55.9 Å². The summed E-state index contributed by atoms with van der Waals surface area (Å²) in [5.74, 6) is 0. The summed E-state index contributed by atoms with van der Waals surface area (Å²) < 4.78 is 2.26. The standard InChI is InChI=1S/C14H18N4/c15-8-13(17-11-4-2-1-3-5-11)14-9-16-10-18(14)12-6-7-12/h1-5,9-10,12-13,17H,6-8,15H2. The van der Waals surface area contributed by atoms with Gasteiger partial charge in [0.1, 0.15) is 0 Å². The number of imidazole rings is 1. The maximum absolute atomic E-state index is 5.90. The number of hydrogen-bond acceptors (Lipinski definition) is 3. The van der Waals surface area contributed by atoms with Gasteiger partial charge in [-0.1, -0.05) is 18.2 Å². The molecule has 0 amide bonds. The van der Waals surface area contributed by atoms with E-state index in [2.05, 4.69) is 27.0 Å². The van der Waals surface area contributed by atoms with E-state index in [4.69, 9.17) is 5.73 Å². The summed E-state index contributed by atoms with van der Waals surface area (Å²) in [4.78, 5) is 4.26. The first kappa shape index (κ1) is 11.3. The van der Waals surface area contributed by atoms with Gasteiger partial charge < -0.3 is 15.6 Å². The Balaban J connectivity index is 1.81. The Morgan fingerprint density at radius 3 is 2.78 bits per heavy atom. The van der Waals surface area contributed by atoms with Crippen molar-refractivity contribution in [1.29, 1.82) is 0 Å². The maximum Gasteiger partial charge on any atom is 0.0951 e. The molecule has 1 aromatic heterocycles. The molecule has 1 aliphatic rings. The first-order valence-corrected chi connectivity index (χ1v) is 6.42. The monoisotopic (exact) mass is 242 g/mol. The van der Waals surface area contributed by atoms with E-state index in [1.807, 2.05) is 30.7 Å². The molecule has 0 bridgehead atoms. The molecule has 3 N–H and O–H groups in total. The summed E-state index contributed by atoms with van der Waals surface area (Å²) in [6, 6.07) is 10.9. The van der Waals surface area contributed by atoms with Crippen LogP contribution in [0.25, 0.3) is 0 Å². The van der Waals surface area contributed by atoms with Crippen molar-refractivity contribution in [2.45, 2.75) is 24.9 Å². The van der Waals surface area contributed by atoms with Crippen LogP contribution >= 0.6 is 0 Å². The van der Waals surface area contributed by atoms with Crippen molar-refractivity contribution in [3.63, 3.8) is 0 Å². The van der Waals surface area contributed by atoms with E-state index in [1.165, 1.54) is 18.5 Å². The Kier molecular flexibility index (Phi) is 3.02. The van der Waals surface area contributed by atoms with Crippen LogP contribution in [-0.4, -0.2) is 16.1 Å². The van der Waals surface area contributed by atoms with Crippen LogP contribution in [0.5, 0.6) is 0 Å². The lowest BCUT2D eigenvalue weighted by Crippen LogP contribution is -2.23. The van der Waals surface area contributed by atoms with Crippen molar-refractivity contribution in [1.82, 2.24) is 9.55 Å². The molecule has 1 fully saturated rings. The quantitative estimate of drug-likeness (QED) is 0.846. The van der Waals surface area contributed by atoms with Crippen LogP contribution in [-0.2, 0) is 0 Å². The highest BCUT2D eigenvalue weighted by atomic mass is 15.1. The molecule has 3 rings (SSSR count). The molecule has 94 valence electrons. The van der Waals surface area contributed by atoms with Crippen molar-refractivity contribution in [2.75, 3.05) is 11.9 Å². The first-order valence-electron chi connectivity index (χ1n) is 6.42. The number of nitrogens with one attached hydrogen (secondary N) is 1. The van der Waals surface area contributed by atoms with Crippen molar-refractivity contribution in [2.24, 2.45) is 5.73 Å². The SMILES string of the molecule is NCC(Nc1ccccc1)c1cncn1C1CC1. The molecular formula is C14H18N4. The van der Waals surface area contributed by atoms with Crippen LogP contribution < -0.4 is 11.1 Å². The Morgan fingerprint density at radius 1 is 1.33 bits per heavy atom. The third kappa shape index (κ3) is 2.24. The molecular weight excluding hydrogens is 224 g/mol. The minimum atomic E-state index is 0.121. The molecule has 1 aliphatic carbocycles. The number of benzene rings is 1. The van der Waals surface area contributed by atoms with Gasteiger partial charge in [0.05, 0.1) is 24.3 Å². The molecule has 1 atom stereocenters. The number of nitrogens with zero attached hydrogens (tertiary/aromatic N) is 2. The number of rotatable bonds is 5. The summed E-state index contributed by atoms with van der Waals surface area (Å²) in [6.45, 7) is 0.563. The predicted octanol–water partition coefficient (Wildman–Crippen LogP) is 2.33. The average molecular weight is 242 g/mol. The highest BCUT2D eigenvalue weighted by molar-refractivity contribution is 5.44.